The van der Waals surface area contributed by atoms with E-state index in [4.69, 9.17) is 0 Å². The molecule has 2 fully saturated rings. The van der Waals surface area contributed by atoms with E-state index in [-0.39, 0.29) is 18.0 Å². The van der Waals surface area contributed by atoms with E-state index < -0.39 is 30.3 Å². The molecular formula is C19H24F3N3O2. The van der Waals surface area contributed by atoms with Gasteiger partial charge in [-0.25, -0.2) is 0 Å². The second kappa shape index (κ2) is 7.48. The summed E-state index contributed by atoms with van der Waals surface area (Å²) in [6.45, 7) is 2.25. The lowest BCUT2D eigenvalue weighted by atomic mass is 9.71. The largest absolute Gasteiger partial charge is 0.389 e. The summed E-state index contributed by atoms with van der Waals surface area (Å²) in [5.74, 6) is -0.620. The van der Waals surface area contributed by atoms with E-state index in [0.717, 1.165) is 12.0 Å². The maximum atomic E-state index is 13.0. The third kappa shape index (κ3) is 3.94. The first-order valence-corrected chi connectivity index (χ1v) is 9.32. The van der Waals surface area contributed by atoms with Crippen LogP contribution >= 0.6 is 0 Å². The van der Waals surface area contributed by atoms with Crippen molar-refractivity contribution in [3.63, 3.8) is 0 Å². The maximum absolute atomic E-state index is 13.0. The van der Waals surface area contributed by atoms with Gasteiger partial charge < -0.3 is 10.2 Å². The minimum atomic E-state index is -4.35. The zero-order valence-corrected chi connectivity index (χ0v) is 15.3. The summed E-state index contributed by atoms with van der Waals surface area (Å²) in [5.41, 5.74) is 0.150. The van der Waals surface area contributed by atoms with E-state index in [9.17, 15) is 22.8 Å². The quantitative estimate of drug-likeness (QED) is 0.821. The Kier molecular flexibility index (Phi) is 5.44. The van der Waals surface area contributed by atoms with E-state index in [0.29, 0.717) is 25.8 Å². The Morgan fingerprint density at radius 1 is 1.37 bits per heavy atom. The third-order valence-electron chi connectivity index (χ3n) is 5.91. The molecule has 0 spiro atoms. The average Bonchev–Trinajstić information content (AvgIpc) is 3.21. The summed E-state index contributed by atoms with van der Waals surface area (Å²) in [5, 5.41) is 2.94. The van der Waals surface area contributed by atoms with Crippen LogP contribution in [0.25, 0.3) is 0 Å². The van der Waals surface area contributed by atoms with Gasteiger partial charge in [0.2, 0.25) is 11.8 Å². The molecule has 0 aromatic carbocycles. The van der Waals surface area contributed by atoms with Crippen LogP contribution in [0.1, 0.15) is 51.0 Å². The molecule has 1 N–H and O–H groups in total. The van der Waals surface area contributed by atoms with Crippen LogP contribution in [0.2, 0.25) is 0 Å². The Bertz CT molecular complexity index is 695. The topological polar surface area (TPSA) is 62.3 Å². The van der Waals surface area contributed by atoms with Crippen LogP contribution in [0.15, 0.2) is 24.5 Å². The van der Waals surface area contributed by atoms with Gasteiger partial charge in [0.1, 0.15) is 0 Å². The number of halogens is 3. The minimum Gasteiger partial charge on any atom is -0.351 e. The van der Waals surface area contributed by atoms with E-state index >= 15 is 0 Å². The zero-order valence-electron chi connectivity index (χ0n) is 15.3. The highest BCUT2D eigenvalue weighted by atomic mass is 19.4. The normalized spacial score (nSPS) is 27.0. The Hall–Kier alpha value is -2.12. The van der Waals surface area contributed by atoms with E-state index in [1.165, 1.54) is 0 Å². The highest BCUT2D eigenvalue weighted by Gasteiger charge is 2.60. The van der Waals surface area contributed by atoms with E-state index in [1.807, 2.05) is 13.0 Å². The molecule has 2 aliphatic rings. The molecule has 3 heterocycles. The lowest BCUT2D eigenvalue weighted by Crippen LogP contribution is -2.49. The van der Waals surface area contributed by atoms with Crippen molar-refractivity contribution in [2.45, 2.75) is 70.3 Å². The molecule has 8 heteroatoms. The maximum Gasteiger partial charge on any atom is 0.389 e. The lowest BCUT2D eigenvalue weighted by Gasteiger charge is -2.35. The number of amides is 2. The average molecular weight is 383 g/mol. The van der Waals surface area contributed by atoms with E-state index in [1.54, 1.807) is 23.4 Å². The van der Waals surface area contributed by atoms with Gasteiger partial charge in [0.05, 0.1) is 11.8 Å². The van der Waals surface area contributed by atoms with Gasteiger partial charge in [-0.15, -0.1) is 0 Å². The molecule has 27 heavy (non-hydrogen) atoms. The Labute approximate surface area is 156 Å². The highest BCUT2D eigenvalue weighted by molar-refractivity contribution is 5.87. The molecule has 0 saturated carbocycles. The molecule has 2 aliphatic heterocycles. The summed E-state index contributed by atoms with van der Waals surface area (Å²) in [6.07, 6.45) is -0.206. The molecule has 0 aliphatic carbocycles. The molecule has 1 aromatic rings. The van der Waals surface area contributed by atoms with Crippen LogP contribution < -0.4 is 5.32 Å². The number of nitrogens with one attached hydrogen (secondary N) is 1. The fourth-order valence-electron chi connectivity index (χ4n) is 4.58. The summed E-state index contributed by atoms with van der Waals surface area (Å²) in [6, 6.07) is 3.19. The molecule has 3 rings (SSSR count). The molecule has 148 valence electrons. The van der Waals surface area contributed by atoms with Gasteiger partial charge in [0.15, 0.2) is 0 Å². The van der Waals surface area contributed by atoms with Crippen molar-refractivity contribution >= 4 is 11.8 Å². The van der Waals surface area contributed by atoms with Crippen molar-refractivity contribution in [1.82, 2.24) is 15.2 Å². The predicted molar refractivity (Wildman–Crippen MR) is 92.4 cm³/mol. The van der Waals surface area contributed by atoms with Crippen molar-refractivity contribution in [2.75, 3.05) is 0 Å². The fraction of sp³-hybridized carbons (Fsp3) is 0.632. The van der Waals surface area contributed by atoms with Crippen LogP contribution in [0.4, 0.5) is 13.2 Å². The molecule has 1 aromatic heterocycles. The third-order valence-corrected chi connectivity index (χ3v) is 5.91. The van der Waals surface area contributed by atoms with E-state index in [2.05, 4.69) is 10.3 Å². The fourth-order valence-corrected chi connectivity index (χ4v) is 4.58. The van der Waals surface area contributed by atoms with Crippen molar-refractivity contribution in [2.24, 2.45) is 5.41 Å². The van der Waals surface area contributed by atoms with Crippen LogP contribution in [0.3, 0.4) is 0 Å². The van der Waals surface area contributed by atoms with Gasteiger partial charge >= 0.3 is 6.18 Å². The van der Waals surface area contributed by atoms with Gasteiger partial charge in [-0.1, -0.05) is 13.0 Å². The van der Waals surface area contributed by atoms with Crippen molar-refractivity contribution in [3.8, 4) is 0 Å². The Morgan fingerprint density at radius 2 is 2.15 bits per heavy atom. The monoisotopic (exact) mass is 383 g/mol. The van der Waals surface area contributed by atoms with Crippen molar-refractivity contribution in [1.29, 1.82) is 0 Å². The highest BCUT2D eigenvalue weighted by Crippen LogP contribution is 2.52. The zero-order chi connectivity index (χ0) is 19.7. The predicted octanol–water partition coefficient (Wildman–Crippen LogP) is 3.20. The van der Waals surface area contributed by atoms with Crippen LogP contribution in [0.5, 0.6) is 0 Å². The number of aromatic nitrogens is 1. The SMILES string of the molecule is CC[C@@]1(C(=O)NCc2cccnc2)C[C@@H]2CC[C@H]1N2C(=O)CCC(F)(F)F. The van der Waals surface area contributed by atoms with Crippen molar-refractivity contribution < 1.29 is 22.8 Å². The number of rotatable bonds is 6. The molecule has 2 bridgehead atoms. The minimum absolute atomic E-state index is 0.130. The van der Waals surface area contributed by atoms with Gasteiger partial charge in [-0.05, 0) is 37.3 Å². The number of alkyl halides is 3. The summed E-state index contributed by atoms with van der Waals surface area (Å²) >= 11 is 0. The van der Waals surface area contributed by atoms with Crippen molar-refractivity contribution in [3.05, 3.63) is 30.1 Å². The standard InChI is InChI=1S/C19H24F3N3O2/c1-2-18(17(27)24-12-13-4-3-9-23-11-13)10-14-5-6-15(18)25(14)16(26)7-8-19(20,21)22/h3-4,9,11,14-15H,2,5-8,10,12H2,1H3,(H,24,27)/t14-,15+,18+/m0/s1. The van der Waals surface area contributed by atoms with Gasteiger partial charge in [-0.3, -0.25) is 14.6 Å². The molecule has 2 amide bonds. The summed E-state index contributed by atoms with van der Waals surface area (Å²) < 4.78 is 37.4. The number of pyridine rings is 1. The number of carbonyl (C=O) groups is 2. The van der Waals surface area contributed by atoms with Crippen LogP contribution in [-0.2, 0) is 16.1 Å². The van der Waals surface area contributed by atoms with Gasteiger partial charge in [-0.2, -0.15) is 13.2 Å². The number of hydrogen-bond donors (Lipinski definition) is 1. The smallest absolute Gasteiger partial charge is 0.351 e. The number of hydrogen-bond acceptors (Lipinski definition) is 3. The second-order valence-corrected chi connectivity index (χ2v) is 7.42. The molecule has 2 saturated heterocycles. The molecule has 0 unspecified atom stereocenters. The summed E-state index contributed by atoms with van der Waals surface area (Å²) in [4.78, 5) is 31.0. The molecule has 0 radical (unpaired) electrons. The molecule has 3 atom stereocenters. The van der Waals surface area contributed by atoms with Gasteiger partial charge in [0.25, 0.3) is 0 Å². The Balaban J connectivity index is 1.69. The molecule has 5 nitrogen and oxygen atoms in total. The van der Waals surface area contributed by atoms with Crippen LogP contribution in [-0.4, -0.2) is 40.0 Å². The lowest BCUT2D eigenvalue weighted by molar-refractivity contribution is -0.150. The summed E-state index contributed by atoms with van der Waals surface area (Å²) in [7, 11) is 0. The first kappa shape index (κ1) is 19.6. The van der Waals surface area contributed by atoms with Crippen LogP contribution in [0, 0.1) is 5.41 Å². The number of carbonyl (C=O) groups excluding carboxylic acids is 2. The molecular weight excluding hydrogens is 359 g/mol. The first-order chi connectivity index (χ1) is 12.8. The Morgan fingerprint density at radius 3 is 2.78 bits per heavy atom. The number of nitrogens with zero attached hydrogens (tertiary/aromatic N) is 2. The van der Waals surface area contributed by atoms with Gasteiger partial charge in [0, 0.05) is 37.4 Å². The first-order valence-electron chi connectivity index (χ1n) is 9.32. The number of fused-ring (bicyclic) bond motifs is 2. The second-order valence-electron chi connectivity index (χ2n) is 7.42.